The molecule has 2 aromatic heterocycles. The largest absolute Gasteiger partial charge is 0.325 e. The molecule has 0 aliphatic heterocycles. The molecule has 4 rings (SSSR count). The van der Waals surface area contributed by atoms with Gasteiger partial charge in [0.2, 0.25) is 5.95 Å². The zero-order valence-corrected chi connectivity index (χ0v) is 16.0. The van der Waals surface area contributed by atoms with Gasteiger partial charge >= 0.3 is 0 Å². The van der Waals surface area contributed by atoms with E-state index < -0.39 is 11.5 Å². The molecule has 0 aliphatic carbocycles. The van der Waals surface area contributed by atoms with Crippen molar-refractivity contribution < 1.29 is 4.79 Å². The normalized spacial score (nSPS) is 11.0. The number of rotatable bonds is 3. The molecule has 0 saturated heterocycles. The lowest BCUT2D eigenvalue weighted by Crippen LogP contribution is -2.25. The summed E-state index contributed by atoms with van der Waals surface area (Å²) in [6, 6.07) is 16.5. The molecule has 28 heavy (non-hydrogen) atoms. The van der Waals surface area contributed by atoms with Crippen molar-refractivity contribution >= 4 is 34.5 Å². The lowest BCUT2D eigenvalue weighted by molar-refractivity contribution is 0.102. The average molecular weight is 393 g/mol. The first-order valence-electron chi connectivity index (χ1n) is 8.66. The van der Waals surface area contributed by atoms with Crippen molar-refractivity contribution in [2.24, 2.45) is 7.05 Å². The number of fused-ring (bicyclic) bond motifs is 1. The average Bonchev–Trinajstić information content (AvgIpc) is 2.97. The van der Waals surface area contributed by atoms with Crippen LogP contribution in [0, 0.1) is 6.92 Å². The number of aromatic nitrogens is 3. The number of imidazole rings is 1. The lowest BCUT2D eigenvalue weighted by atomic mass is 10.0. The third-order valence-corrected chi connectivity index (χ3v) is 4.87. The summed E-state index contributed by atoms with van der Waals surface area (Å²) in [6.45, 7) is 1.81. The minimum Gasteiger partial charge on any atom is -0.325 e. The number of aromatic amines is 1. The Balaban J connectivity index is 1.73. The number of H-pyrrole nitrogens is 1. The van der Waals surface area contributed by atoms with Crippen molar-refractivity contribution in [3.05, 3.63) is 81.2 Å². The molecule has 4 aromatic rings. The van der Waals surface area contributed by atoms with Crippen molar-refractivity contribution in [3.63, 3.8) is 0 Å². The van der Waals surface area contributed by atoms with Gasteiger partial charge in [-0.15, -0.1) is 0 Å². The highest BCUT2D eigenvalue weighted by atomic mass is 35.5. The maximum Gasteiger partial charge on any atom is 0.263 e. The van der Waals surface area contributed by atoms with Crippen LogP contribution in [-0.2, 0) is 7.05 Å². The van der Waals surface area contributed by atoms with Crippen molar-refractivity contribution in [1.82, 2.24) is 14.5 Å². The molecule has 0 spiro atoms. The SMILES string of the molecule is Cc1[nH]c(=O)c(C(=O)Nc2nc3cc(Cl)ccc3n2C)cc1-c1ccccc1. The lowest BCUT2D eigenvalue weighted by Gasteiger charge is -2.09. The molecule has 0 unspecified atom stereocenters. The van der Waals surface area contributed by atoms with Crippen LogP contribution in [0.1, 0.15) is 16.1 Å². The zero-order chi connectivity index (χ0) is 19.8. The standard InChI is InChI=1S/C21H17ClN4O2/c1-12-15(13-6-4-3-5-7-13)11-16(19(27)23-12)20(28)25-21-24-17-10-14(22)8-9-18(17)26(21)2/h3-11H,1-2H3,(H,23,27)(H,24,25,28). The Kier molecular flexibility index (Phi) is 4.49. The fourth-order valence-electron chi connectivity index (χ4n) is 3.16. The number of benzene rings is 2. The summed E-state index contributed by atoms with van der Waals surface area (Å²) in [5.74, 6) is -0.188. The highest BCUT2D eigenvalue weighted by Gasteiger charge is 2.17. The molecule has 6 nitrogen and oxygen atoms in total. The van der Waals surface area contributed by atoms with Gasteiger partial charge in [-0.2, -0.15) is 0 Å². The molecule has 0 radical (unpaired) electrons. The van der Waals surface area contributed by atoms with E-state index in [0.717, 1.165) is 16.6 Å². The number of hydrogen-bond donors (Lipinski definition) is 2. The van der Waals surface area contributed by atoms with E-state index >= 15 is 0 Å². The third-order valence-electron chi connectivity index (χ3n) is 4.64. The quantitative estimate of drug-likeness (QED) is 0.549. The highest BCUT2D eigenvalue weighted by molar-refractivity contribution is 6.31. The molecule has 0 fully saturated rings. The van der Waals surface area contributed by atoms with E-state index in [-0.39, 0.29) is 5.56 Å². The van der Waals surface area contributed by atoms with Gasteiger partial charge in [-0.3, -0.25) is 14.9 Å². The summed E-state index contributed by atoms with van der Waals surface area (Å²) in [7, 11) is 1.79. The van der Waals surface area contributed by atoms with Crippen LogP contribution in [0.4, 0.5) is 5.95 Å². The number of pyridine rings is 1. The fourth-order valence-corrected chi connectivity index (χ4v) is 3.33. The summed E-state index contributed by atoms with van der Waals surface area (Å²) in [5.41, 5.74) is 3.47. The molecule has 7 heteroatoms. The summed E-state index contributed by atoms with van der Waals surface area (Å²) >= 11 is 6.01. The molecule has 0 bridgehead atoms. The predicted octanol–water partition coefficient (Wildman–Crippen LogP) is 4.14. The molecule has 2 N–H and O–H groups in total. The van der Waals surface area contributed by atoms with Crippen molar-refractivity contribution in [2.45, 2.75) is 6.92 Å². The van der Waals surface area contributed by atoms with Gasteiger partial charge in [0, 0.05) is 23.3 Å². The summed E-state index contributed by atoms with van der Waals surface area (Å²) in [5, 5.41) is 3.29. The highest BCUT2D eigenvalue weighted by Crippen LogP contribution is 2.24. The van der Waals surface area contributed by atoms with Crippen LogP contribution in [0.2, 0.25) is 5.02 Å². The van der Waals surface area contributed by atoms with Crippen molar-refractivity contribution in [3.8, 4) is 11.1 Å². The first-order valence-corrected chi connectivity index (χ1v) is 9.04. The first kappa shape index (κ1) is 18.0. The molecule has 2 heterocycles. The Morgan fingerprint density at radius 3 is 2.64 bits per heavy atom. The summed E-state index contributed by atoms with van der Waals surface area (Å²) in [4.78, 5) is 32.4. The van der Waals surface area contributed by atoms with E-state index in [1.165, 1.54) is 0 Å². The molecule has 0 atom stereocenters. The van der Waals surface area contributed by atoms with Gasteiger partial charge in [0.05, 0.1) is 11.0 Å². The van der Waals surface area contributed by atoms with E-state index in [9.17, 15) is 9.59 Å². The number of carbonyl (C=O) groups is 1. The van der Waals surface area contributed by atoms with Gasteiger partial charge in [0.25, 0.3) is 11.5 Å². The van der Waals surface area contributed by atoms with Gasteiger partial charge in [0.1, 0.15) is 5.56 Å². The van der Waals surface area contributed by atoms with Crippen LogP contribution >= 0.6 is 11.6 Å². The van der Waals surface area contributed by atoms with Crippen LogP contribution in [0.25, 0.3) is 22.2 Å². The second-order valence-corrected chi connectivity index (χ2v) is 6.93. The summed E-state index contributed by atoms with van der Waals surface area (Å²) < 4.78 is 1.74. The van der Waals surface area contributed by atoms with Gasteiger partial charge in [-0.05, 0) is 36.8 Å². The molecule has 0 saturated carbocycles. The first-order chi connectivity index (χ1) is 13.4. The zero-order valence-electron chi connectivity index (χ0n) is 15.3. The van der Waals surface area contributed by atoms with Crippen LogP contribution in [-0.4, -0.2) is 20.4 Å². The number of carbonyl (C=O) groups excluding carboxylic acids is 1. The number of halogens is 1. The molecule has 2 aromatic carbocycles. The van der Waals surface area contributed by atoms with E-state index in [2.05, 4.69) is 15.3 Å². The number of nitrogens with one attached hydrogen (secondary N) is 2. The fraction of sp³-hybridized carbons (Fsp3) is 0.0952. The Bertz CT molecular complexity index is 1260. The third kappa shape index (κ3) is 3.18. The van der Waals surface area contributed by atoms with Gasteiger partial charge < -0.3 is 9.55 Å². The van der Waals surface area contributed by atoms with E-state index in [1.807, 2.05) is 36.4 Å². The van der Waals surface area contributed by atoms with E-state index in [0.29, 0.717) is 22.2 Å². The second kappa shape index (κ2) is 6.98. The minimum atomic E-state index is -0.525. The smallest absolute Gasteiger partial charge is 0.263 e. The van der Waals surface area contributed by atoms with Crippen molar-refractivity contribution in [2.75, 3.05) is 5.32 Å². The van der Waals surface area contributed by atoms with E-state index in [4.69, 9.17) is 11.6 Å². The second-order valence-electron chi connectivity index (χ2n) is 6.50. The van der Waals surface area contributed by atoms with Gasteiger partial charge in [-0.25, -0.2) is 4.98 Å². The maximum atomic E-state index is 12.8. The predicted molar refractivity (Wildman–Crippen MR) is 111 cm³/mol. The Morgan fingerprint density at radius 2 is 1.89 bits per heavy atom. The Hall–Kier alpha value is -3.38. The molecular weight excluding hydrogens is 376 g/mol. The molecular formula is C21H17ClN4O2. The van der Waals surface area contributed by atoms with Crippen LogP contribution in [0.15, 0.2) is 59.4 Å². The van der Waals surface area contributed by atoms with Crippen LogP contribution in [0.3, 0.4) is 0 Å². The van der Waals surface area contributed by atoms with Crippen LogP contribution in [0.5, 0.6) is 0 Å². The minimum absolute atomic E-state index is 0.0227. The van der Waals surface area contributed by atoms with Crippen LogP contribution < -0.4 is 10.9 Å². The maximum absolute atomic E-state index is 12.8. The summed E-state index contributed by atoms with van der Waals surface area (Å²) in [6.07, 6.45) is 0. The Morgan fingerprint density at radius 1 is 1.14 bits per heavy atom. The molecule has 0 aliphatic rings. The van der Waals surface area contributed by atoms with Crippen molar-refractivity contribution in [1.29, 1.82) is 0 Å². The number of anilines is 1. The number of amides is 1. The molecule has 1 amide bonds. The van der Waals surface area contributed by atoms with Gasteiger partial charge in [0.15, 0.2) is 0 Å². The number of nitrogens with zero attached hydrogens (tertiary/aromatic N) is 2. The molecule has 140 valence electrons. The van der Waals surface area contributed by atoms with E-state index in [1.54, 1.807) is 36.7 Å². The topological polar surface area (TPSA) is 79.8 Å². The van der Waals surface area contributed by atoms with Gasteiger partial charge in [-0.1, -0.05) is 41.9 Å². The Labute approximate surface area is 165 Å². The monoisotopic (exact) mass is 392 g/mol. The number of aryl methyl sites for hydroxylation is 2. The number of hydrogen-bond acceptors (Lipinski definition) is 3.